The first-order chi connectivity index (χ1) is 13.1. The Labute approximate surface area is 174 Å². The summed E-state index contributed by atoms with van der Waals surface area (Å²) >= 11 is 0. The van der Waals surface area contributed by atoms with Gasteiger partial charge < -0.3 is 32.1 Å². The molecule has 2 fully saturated rings. The fourth-order valence-corrected chi connectivity index (χ4v) is 4.37. The summed E-state index contributed by atoms with van der Waals surface area (Å²) in [7, 11) is 9.67. The molecular formula is C11H24F4O7P6. The topological polar surface area (TPSA) is 64.6 Å². The van der Waals surface area contributed by atoms with Gasteiger partial charge in [0.15, 0.2) is 12.2 Å². The minimum atomic E-state index is -3.18. The lowest BCUT2D eigenvalue weighted by atomic mass is 10.1. The van der Waals surface area contributed by atoms with Crippen molar-refractivity contribution in [2.75, 3.05) is 13.2 Å². The molecule has 17 heteroatoms. The fourth-order valence-electron chi connectivity index (χ4n) is 2.57. The molecule has 0 aromatic heterocycles. The normalized spacial score (nSPS) is 36.6. The highest BCUT2D eigenvalue weighted by molar-refractivity contribution is 8.00. The molecule has 2 heterocycles. The highest BCUT2D eigenvalue weighted by Crippen LogP contribution is 2.43. The summed E-state index contributed by atoms with van der Waals surface area (Å²) in [5.74, 6) is -6.14. The van der Waals surface area contributed by atoms with Gasteiger partial charge in [0.05, 0.1) is 13.2 Å². The average molecular weight is 530 g/mol. The van der Waals surface area contributed by atoms with Gasteiger partial charge in [-0.3, -0.25) is 0 Å². The molecule has 2 saturated heterocycles. The number of rotatable bonds is 8. The summed E-state index contributed by atoms with van der Waals surface area (Å²) < 4.78 is 87.1. The molecule has 0 spiro atoms. The van der Waals surface area contributed by atoms with Crippen molar-refractivity contribution < 1.29 is 49.7 Å². The van der Waals surface area contributed by atoms with Crippen molar-refractivity contribution >= 4 is 55.3 Å². The van der Waals surface area contributed by atoms with E-state index in [0.717, 1.165) is 0 Å². The third kappa shape index (κ3) is 6.76. The molecule has 0 bridgehead atoms. The molecule has 168 valence electrons. The zero-order valence-electron chi connectivity index (χ0n) is 14.6. The second-order valence-corrected chi connectivity index (χ2v) is 8.08. The summed E-state index contributed by atoms with van der Waals surface area (Å²) in [5.41, 5.74) is 0. The van der Waals surface area contributed by atoms with Crippen LogP contribution < -0.4 is 0 Å². The van der Waals surface area contributed by atoms with Crippen molar-refractivity contribution in [2.24, 2.45) is 0 Å². The fraction of sp³-hybridized carbons (Fsp3) is 1.00. The van der Waals surface area contributed by atoms with Gasteiger partial charge in [0.25, 0.3) is 0 Å². The number of hydrogen-bond acceptors (Lipinski definition) is 7. The van der Waals surface area contributed by atoms with E-state index in [-0.39, 0.29) is 21.7 Å². The van der Waals surface area contributed by atoms with Crippen LogP contribution in [0.25, 0.3) is 0 Å². The molecule has 8 unspecified atom stereocenters. The Hall–Kier alpha value is 2.02. The van der Waals surface area contributed by atoms with Crippen molar-refractivity contribution in [3.8, 4) is 0 Å². The standard InChI is InChI=1S/C6H12F2O3P2.C5H12F2O4P4/c1-3-6(7,8)5(11-13)4(10-3)2-9-12;6-5(7)3(10-13)2(1-8-12)9-4(5)11-15-14/h3-5H,2,12-13H2,1H3;2-4,15H,1,12-14H2/t3-,4-,5?;2-,3?,4+/m11/s1. The van der Waals surface area contributed by atoms with E-state index < -0.39 is 48.7 Å². The second kappa shape index (κ2) is 12.9. The van der Waals surface area contributed by atoms with Crippen LogP contribution in [0.5, 0.6) is 0 Å². The smallest absolute Gasteiger partial charge is 0.326 e. The van der Waals surface area contributed by atoms with Crippen LogP contribution in [-0.2, 0) is 32.1 Å². The van der Waals surface area contributed by atoms with Crippen LogP contribution in [-0.4, -0.2) is 61.9 Å². The molecule has 2 aliphatic heterocycles. The third-order valence-corrected chi connectivity index (χ3v) is 5.69. The first kappa shape index (κ1) is 28.1. The van der Waals surface area contributed by atoms with E-state index in [9.17, 15) is 17.6 Å². The molecule has 0 aromatic carbocycles. The Balaban J connectivity index is 0.000000283. The summed E-state index contributed by atoms with van der Waals surface area (Å²) in [6.07, 6.45) is -6.92. The number of ether oxygens (including phenoxy) is 2. The maximum atomic E-state index is 13.6. The number of hydrogen-bond donors (Lipinski definition) is 0. The first-order valence-electron chi connectivity index (χ1n) is 7.63. The predicted molar refractivity (Wildman–Crippen MR) is 112 cm³/mol. The molecule has 0 saturated carbocycles. The van der Waals surface area contributed by atoms with Crippen LogP contribution in [0.15, 0.2) is 0 Å². The van der Waals surface area contributed by atoms with Crippen LogP contribution in [0, 0.1) is 0 Å². The summed E-state index contributed by atoms with van der Waals surface area (Å²) in [6.45, 7) is 1.39. The van der Waals surface area contributed by atoms with E-state index in [4.69, 9.17) is 14.0 Å². The summed E-state index contributed by atoms with van der Waals surface area (Å²) in [4.78, 5) is 0. The van der Waals surface area contributed by atoms with Crippen LogP contribution >= 0.6 is 55.3 Å². The van der Waals surface area contributed by atoms with Crippen LogP contribution in [0.4, 0.5) is 17.6 Å². The zero-order valence-corrected chi connectivity index (χ0v) is 21.4. The average Bonchev–Trinajstić information content (AvgIpc) is 2.98. The molecule has 0 aliphatic carbocycles. The van der Waals surface area contributed by atoms with Crippen molar-refractivity contribution in [1.29, 1.82) is 0 Å². The first-order valence-corrected chi connectivity index (χ1v) is 12.2. The molecule has 2 aliphatic rings. The Morgan fingerprint density at radius 2 is 1.32 bits per heavy atom. The highest BCUT2D eigenvalue weighted by atomic mass is 32.0. The van der Waals surface area contributed by atoms with E-state index in [1.807, 2.05) is 37.9 Å². The largest absolute Gasteiger partial charge is 0.364 e. The summed E-state index contributed by atoms with van der Waals surface area (Å²) in [5, 5.41) is 0. The van der Waals surface area contributed by atoms with Gasteiger partial charge >= 0.3 is 11.8 Å². The van der Waals surface area contributed by atoms with Crippen molar-refractivity contribution in [1.82, 2.24) is 0 Å². The monoisotopic (exact) mass is 530 g/mol. The lowest BCUT2D eigenvalue weighted by Crippen LogP contribution is -2.41. The number of halogens is 4. The zero-order chi connectivity index (χ0) is 21.5. The van der Waals surface area contributed by atoms with Gasteiger partial charge in [-0.25, -0.2) is 8.78 Å². The Morgan fingerprint density at radius 1 is 0.857 bits per heavy atom. The van der Waals surface area contributed by atoms with Gasteiger partial charge in [0, 0.05) is 46.4 Å². The molecule has 0 aromatic rings. The Morgan fingerprint density at radius 3 is 1.75 bits per heavy atom. The van der Waals surface area contributed by atoms with Crippen LogP contribution in [0.3, 0.4) is 0 Å². The van der Waals surface area contributed by atoms with E-state index in [1.165, 1.54) is 6.92 Å². The minimum absolute atomic E-state index is 0.000842. The van der Waals surface area contributed by atoms with Crippen molar-refractivity contribution in [3.05, 3.63) is 0 Å². The van der Waals surface area contributed by atoms with E-state index in [2.05, 4.69) is 27.0 Å². The highest BCUT2D eigenvalue weighted by Gasteiger charge is 2.60. The van der Waals surface area contributed by atoms with Gasteiger partial charge in [-0.1, -0.05) is 8.93 Å². The molecule has 0 amide bonds. The molecule has 7 nitrogen and oxygen atoms in total. The lowest BCUT2D eigenvalue weighted by Gasteiger charge is -2.21. The van der Waals surface area contributed by atoms with Crippen LogP contribution in [0.2, 0.25) is 0 Å². The van der Waals surface area contributed by atoms with Gasteiger partial charge in [0.2, 0.25) is 6.29 Å². The maximum Gasteiger partial charge on any atom is 0.326 e. The molecule has 2 rings (SSSR count). The van der Waals surface area contributed by atoms with Gasteiger partial charge in [0.1, 0.15) is 18.3 Å². The van der Waals surface area contributed by atoms with Crippen molar-refractivity contribution in [2.45, 2.75) is 55.6 Å². The third-order valence-electron chi connectivity index (χ3n) is 3.96. The van der Waals surface area contributed by atoms with Crippen LogP contribution in [0.1, 0.15) is 6.92 Å². The second-order valence-electron chi connectivity index (χ2n) is 5.69. The Bertz CT molecular complexity index is 471. The van der Waals surface area contributed by atoms with E-state index in [0.29, 0.717) is 0 Å². The van der Waals surface area contributed by atoms with Gasteiger partial charge in [-0.15, -0.1) is 0 Å². The molecular weight excluding hydrogens is 506 g/mol. The molecule has 12 atom stereocenters. The number of alkyl halides is 4. The maximum absolute atomic E-state index is 13.6. The predicted octanol–water partition coefficient (Wildman–Crippen LogP) is 3.12. The van der Waals surface area contributed by atoms with Gasteiger partial charge in [-0.05, 0) is 6.92 Å². The van der Waals surface area contributed by atoms with E-state index in [1.54, 1.807) is 0 Å². The molecule has 0 N–H and O–H groups in total. The quantitative estimate of drug-likeness (QED) is 0.353. The SMILES string of the molecule is C[C@H]1O[C@H](COP)C(OP)C1(F)F.FC1(F)C(OP)[C@@H](COP)O[C@H]1OPP. The van der Waals surface area contributed by atoms with Crippen molar-refractivity contribution in [3.63, 3.8) is 0 Å². The van der Waals surface area contributed by atoms with Gasteiger partial charge in [-0.2, -0.15) is 8.78 Å². The minimum Gasteiger partial charge on any atom is -0.364 e. The molecule has 0 radical (unpaired) electrons. The Kier molecular flexibility index (Phi) is 12.9. The summed E-state index contributed by atoms with van der Waals surface area (Å²) in [6, 6.07) is 0. The molecule has 28 heavy (non-hydrogen) atoms. The lowest BCUT2D eigenvalue weighted by molar-refractivity contribution is -0.176. The van der Waals surface area contributed by atoms with E-state index >= 15 is 0 Å².